The van der Waals surface area contributed by atoms with Gasteiger partial charge in [-0.25, -0.2) is 4.39 Å². The van der Waals surface area contributed by atoms with Crippen molar-refractivity contribution < 1.29 is 9.13 Å². The average molecular weight is 168 g/mol. The number of aryl methyl sites for hydroxylation is 2. The normalized spacial score (nSPS) is 10.0. The molecule has 1 aromatic carbocycles. The molecule has 1 nitrogen and oxygen atoms in total. The zero-order chi connectivity index (χ0) is 9.14. The standard InChI is InChI=1S/C10H13FO/c1-7-5-10(12-3)8(2)4-9(7)6-11/h4-5H,6H2,1-3H3. The molecule has 0 saturated carbocycles. The van der Waals surface area contributed by atoms with E-state index < -0.39 is 6.67 Å². The predicted molar refractivity (Wildman–Crippen MR) is 47.3 cm³/mol. The van der Waals surface area contributed by atoms with E-state index in [1.165, 1.54) is 0 Å². The van der Waals surface area contributed by atoms with Crippen molar-refractivity contribution in [2.45, 2.75) is 20.5 Å². The molecular weight excluding hydrogens is 155 g/mol. The van der Waals surface area contributed by atoms with Crippen LogP contribution < -0.4 is 4.74 Å². The predicted octanol–water partition coefficient (Wildman–Crippen LogP) is 2.78. The van der Waals surface area contributed by atoms with Gasteiger partial charge in [0.15, 0.2) is 0 Å². The van der Waals surface area contributed by atoms with Gasteiger partial charge in [0.25, 0.3) is 0 Å². The number of rotatable bonds is 2. The molecule has 0 atom stereocenters. The van der Waals surface area contributed by atoms with Crippen molar-refractivity contribution in [1.82, 2.24) is 0 Å². The van der Waals surface area contributed by atoms with Gasteiger partial charge in [0.05, 0.1) is 7.11 Å². The summed E-state index contributed by atoms with van der Waals surface area (Å²) in [6.07, 6.45) is 0. The van der Waals surface area contributed by atoms with Gasteiger partial charge in [-0.1, -0.05) is 0 Å². The van der Waals surface area contributed by atoms with Gasteiger partial charge in [-0.3, -0.25) is 0 Å². The number of ether oxygens (including phenoxy) is 1. The van der Waals surface area contributed by atoms with E-state index in [1.807, 2.05) is 26.0 Å². The van der Waals surface area contributed by atoms with E-state index in [0.29, 0.717) is 0 Å². The van der Waals surface area contributed by atoms with Crippen LogP contribution in [0.2, 0.25) is 0 Å². The second-order valence-electron chi connectivity index (χ2n) is 2.88. The van der Waals surface area contributed by atoms with Crippen molar-refractivity contribution in [2.75, 3.05) is 7.11 Å². The fourth-order valence-corrected chi connectivity index (χ4v) is 1.21. The lowest BCUT2D eigenvalue weighted by Gasteiger charge is -2.08. The average Bonchev–Trinajstić information content (AvgIpc) is 2.08. The third-order valence-electron chi connectivity index (χ3n) is 2.00. The number of halogens is 1. The molecule has 0 heterocycles. The number of hydrogen-bond donors (Lipinski definition) is 0. The molecule has 0 aliphatic carbocycles. The lowest BCUT2D eigenvalue weighted by molar-refractivity contribution is 0.410. The Labute approximate surface area is 72.2 Å². The Morgan fingerprint density at radius 2 is 1.92 bits per heavy atom. The first-order chi connectivity index (χ1) is 5.69. The molecule has 0 fully saturated rings. The molecule has 1 aromatic rings. The zero-order valence-corrected chi connectivity index (χ0v) is 7.65. The van der Waals surface area contributed by atoms with Crippen LogP contribution in [0.15, 0.2) is 12.1 Å². The van der Waals surface area contributed by atoms with Gasteiger partial charge < -0.3 is 4.74 Å². The smallest absolute Gasteiger partial charge is 0.122 e. The monoisotopic (exact) mass is 168 g/mol. The summed E-state index contributed by atoms with van der Waals surface area (Å²) in [6, 6.07) is 3.69. The Morgan fingerprint density at radius 1 is 1.25 bits per heavy atom. The summed E-state index contributed by atoms with van der Waals surface area (Å²) < 4.78 is 17.5. The first kappa shape index (κ1) is 9.04. The summed E-state index contributed by atoms with van der Waals surface area (Å²) in [6.45, 7) is 3.39. The first-order valence-electron chi connectivity index (χ1n) is 3.89. The molecule has 0 unspecified atom stereocenters. The maximum Gasteiger partial charge on any atom is 0.122 e. The lowest BCUT2D eigenvalue weighted by atomic mass is 10.1. The zero-order valence-electron chi connectivity index (χ0n) is 7.65. The summed E-state index contributed by atoms with van der Waals surface area (Å²) in [5.74, 6) is 0.824. The van der Waals surface area contributed by atoms with Crippen molar-refractivity contribution in [2.24, 2.45) is 0 Å². The van der Waals surface area contributed by atoms with Gasteiger partial charge in [-0.15, -0.1) is 0 Å². The minimum absolute atomic E-state index is 0.406. The molecule has 0 aliphatic rings. The highest BCUT2D eigenvalue weighted by Crippen LogP contribution is 2.22. The maximum atomic E-state index is 12.4. The molecule has 0 aromatic heterocycles. The van der Waals surface area contributed by atoms with Crippen molar-refractivity contribution in [3.63, 3.8) is 0 Å². The molecule has 2 heteroatoms. The largest absolute Gasteiger partial charge is 0.496 e. The van der Waals surface area contributed by atoms with Crippen LogP contribution >= 0.6 is 0 Å². The third-order valence-corrected chi connectivity index (χ3v) is 2.00. The van der Waals surface area contributed by atoms with Crippen molar-refractivity contribution in [1.29, 1.82) is 0 Å². The van der Waals surface area contributed by atoms with Gasteiger partial charge >= 0.3 is 0 Å². The van der Waals surface area contributed by atoms with E-state index in [2.05, 4.69) is 0 Å². The van der Waals surface area contributed by atoms with Crippen LogP contribution in [-0.2, 0) is 6.67 Å². The SMILES string of the molecule is COc1cc(C)c(CF)cc1C. The Bertz CT molecular complexity index is 252. The number of hydrogen-bond acceptors (Lipinski definition) is 1. The van der Waals surface area contributed by atoms with Crippen LogP contribution in [0, 0.1) is 13.8 Å². The maximum absolute atomic E-state index is 12.4. The second-order valence-corrected chi connectivity index (χ2v) is 2.88. The molecule has 1 rings (SSSR count). The topological polar surface area (TPSA) is 9.23 Å². The minimum atomic E-state index is -0.406. The lowest BCUT2D eigenvalue weighted by Crippen LogP contribution is -1.92. The third kappa shape index (κ3) is 1.58. The molecular formula is C10H13FO. The molecule has 0 spiro atoms. The van der Waals surface area contributed by atoms with Crippen LogP contribution in [0.25, 0.3) is 0 Å². The van der Waals surface area contributed by atoms with Crippen molar-refractivity contribution in [3.8, 4) is 5.75 Å². The minimum Gasteiger partial charge on any atom is -0.496 e. The summed E-state index contributed by atoms with van der Waals surface area (Å²) in [4.78, 5) is 0. The Morgan fingerprint density at radius 3 is 2.42 bits per heavy atom. The van der Waals surface area contributed by atoms with E-state index in [4.69, 9.17) is 4.74 Å². The Hall–Kier alpha value is -1.05. The highest BCUT2D eigenvalue weighted by Gasteiger charge is 2.03. The summed E-state index contributed by atoms with van der Waals surface area (Å²) in [5, 5.41) is 0. The first-order valence-corrected chi connectivity index (χ1v) is 3.89. The van der Waals surface area contributed by atoms with Gasteiger partial charge in [-0.2, -0.15) is 0 Å². The Balaban J connectivity index is 3.16. The molecule has 0 N–H and O–H groups in total. The van der Waals surface area contributed by atoms with Crippen molar-refractivity contribution >= 4 is 0 Å². The van der Waals surface area contributed by atoms with Crippen LogP contribution in [0.3, 0.4) is 0 Å². The van der Waals surface area contributed by atoms with E-state index in [0.717, 1.165) is 22.4 Å². The van der Waals surface area contributed by atoms with E-state index in [1.54, 1.807) is 7.11 Å². The van der Waals surface area contributed by atoms with E-state index in [9.17, 15) is 4.39 Å². The fraction of sp³-hybridized carbons (Fsp3) is 0.400. The molecule has 0 amide bonds. The van der Waals surface area contributed by atoms with Gasteiger partial charge in [0, 0.05) is 0 Å². The van der Waals surface area contributed by atoms with Crippen LogP contribution in [-0.4, -0.2) is 7.11 Å². The van der Waals surface area contributed by atoms with Gasteiger partial charge in [-0.05, 0) is 42.7 Å². The van der Waals surface area contributed by atoms with Crippen molar-refractivity contribution in [3.05, 3.63) is 28.8 Å². The number of alkyl halides is 1. The van der Waals surface area contributed by atoms with E-state index >= 15 is 0 Å². The second kappa shape index (κ2) is 3.57. The highest BCUT2D eigenvalue weighted by atomic mass is 19.1. The highest BCUT2D eigenvalue weighted by molar-refractivity contribution is 5.41. The quantitative estimate of drug-likeness (QED) is 0.659. The molecule has 12 heavy (non-hydrogen) atoms. The summed E-state index contributed by atoms with van der Waals surface area (Å²) >= 11 is 0. The summed E-state index contributed by atoms with van der Waals surface area (Å²) in [5.41, 5.74) is 2.67. The molecule has 66 valence electrons. The molecule has 0 radical (unpaired) electrons. The molecule has 0 bridgehead atoms. The molecule has 0 saturated heterocycles. The van der Waals surface area contributed by atoms with E-state index in [-0.39, 0.29) is 0 Å². The summed E-state index contributed by atoms with van der Waals surface area (Å²) in [7, 11) is 1.62. The van der Waals surface area contributed by atoms with Crippen LogP contribution in [0.5, 0.6) is 5.75 Å². The van der Waals surface area contributed by atoms with Crippen LogP contribution in [0.1, 0.15) is 16.7 Å². The Kier molecular flexibility index (Phi) is 2.69. The van der Waals surface area contributed by atoms with Gasteiger partial charge in [0.1, 0.15) is 12.4 Å². The number of benzene rings is 1. The number of methoxy groups -OCH3 is 1. The fourth-order valence-electron chi connectivity index (χ4n) is 1.21. The van der Waals surface area contributed by atoms with Crippen LogP contribution in [0.4, 0.5) is 4.39 Å². The van der Waals surface area contributed by atoms with Gasteiger partial charge in [0.2, 0.25) is 0 Å². The molecule has 0 aliphatic heterocycles.